The molecule has 1 heterocycles. The zero-order chi connectivity index (χ0) is 37.9. The fourth-order valence-electron chi connectivity index (χ4n) is 7.69. The predicted molar refractivity (Wildman–Crippen MR) is 198 cm³/mol. The van der Waals surface area contributed by atoms with Crippen molar-refractivity contribution < 1.29 is 28.8 Å². The molecule has 3 fully saturated rings. The SMILES string of the molecule is CCCC(NC(=O)[C@@H]1C[C@@H](c2ccccc2)CC[C@@H]1NC(=O)C(NC(=O)[C@@H](NC(=O)c1cnccn1)C1CCCCC1)C(C)C)C(=O)C(=O)NC1CC1. The first kappa shape index (κ1) is 39.5. The van der Waals surface area contributed by atoms with Crippen LogP contribution in [0.3, 0.4) is 0 Å². The molecule has 6 atom stereocenters. The van der Waals surface area contributed by atoms with Crippen molar-refractivity contribution in [2.75, 3.05) is 0 Å². The van der Waals surface area contributed by atoms with Crippen LogP contribution in [0.5, 0.6) is 0 Å². The van der Waals surface area contributed by atoms with Crippen molar-refractivity contribution in [1.29, 1.82) is 0 Å². The molecule has 2 unspecified atom stereocenters. The second-order valence-corrected chi connectivity index (χ2v) is 15.3. The molecule has 3 aliphatic carbocycles. The van der Waals surface area contributed by atoms with Crippen molar-refractivity contribution in [3.05, 3.63) is 60.2 Å². The molecule has 53 heavy (non-hydrogen) atoms. The normalized spacial score (nSPS) is 22.1. The second-order valence-electron chi connectivity index (χ2n) is 15.3. The van der Waals surface area contributed by atoms with E-state index in [1.807, 2.05) is 51.1 Å². The minimum Gasteiger partial charge on any atom is -0.351 e. The number of hydrogen-bond donors (Lipinski definition) is 5. The Morgan fingerprint density at radius 2 is 1.55 bits per heavy atom. The highest BCUT2D eigenvalue weighted by Gasteiger charge is 2.41. The zero-order valence-corrected chi connectivity index (χ0v) is 31.1. The van der Waals surface area contributed by atoms with Crippen LogP contribution >= 0.6 is 0 Å². The second kappa shape index (κ2) is 18.9. The number of carbonyl (C=O) groups is 6. The van der Waals surface area contributed by atoms with E-state index < -0.39 is 65.4 Å². The van der Waals surface area contributed by atoms with E-state index in [9.17, 15) is 28.8 Å². The number of nitrogens with zero attached hydrogens (tertiary/aromatic N) is 2. The molecule has 5 N–H and O–H groups in total. The number of benzene rings is 1. The van der Waals surface area contributed by atoms with E-state index in [-0.39, 0.29) is 29.5 Å². The summed E-state index contributed by atoms with van der Waals surface area (Å²) in [6, 6.07) is 6.55. The summed E-state index contributed by atoms with van der Waals surface area (Å²) in [5.41, 5.74) is 1.19. The largest absolute Gasteiger partial charge is 0.351 e. The Balaban J connectivity index is 1.32. The lowest BCUT2D eigenvalue weighted by Crippen LogP contribution is -2.60. The first-order chi connectivity index (χ1) is 25.5. The van der Waals surface area contributed by atoms with Gasteiger partial charge in [0.25, 0.3) is 11.8 Å². The molecule has 0 saturated heterocycles. The molecule has 0 bridgehead atoms. The van der Waals surface area contributed by atoms with E-state index in [0.717, 1.165) is 56.9 Å². The number of nitrogens with one attached hydrogen (secondary N) is 5. The van der Waals surface area contributed by atoms with Crippen LogP contribution in [0.2, 0.25) is 0 Å². The lowest BCUT2D eigenvalue weighted by Gasteiger charge is -2.38. The number of ketones is 1. The highest BCUT2D eigenvalue weighted by Crippen LogP contribution is 2.37. The van der Waals surface area contributed by atoms with E-state index in [1.54, 1.807) is 0 Å². The number of amides is 5. The quantitative estimate of drug-likeness (QED) is 0.162. The Labute approximate surface area is 312 Å². The maximum atomic E-state index is 14.1. The first-order valence-corrected chi connectivity index (χ1v) is 19.4. The monoisotopic (exact) mass is 729 g/mol. The molecule has 5 amide bonds. The third-order valence-corrected chi connectivity index (χ3v) is 10.9. The Kier molecular flexibility index (Phi) is 14.1. The maximum Gasteiger partial charge on any atom is 0.289 e. The fourth-order valence-corrected chi connectivity index (χ4v) is 7.69. The number of rotatable bonds is 16. The molecule has 13 nitrogen and oxygen atoms in total. The van der Waals surface area contributed by atoms with E-state index in [4.69, 9.17) is 0 Å². The van der Waals surface area contributed by atoms with Crippen molar-refractivity contribution in [2.24, 2.45) is 17.8 Å². The molecule has 3 aliphatic rings. The zero-order valence-electron chi connectivity index (χ0n) is 31.1. The average Bonchev–Trinajstić information content (AvgIpc) is 4.00. The van der Waals surface area contributed by atoms with Crippen LogP contribution in [-0.2, 0) is 24.0 Å². The van der Waals surface area contributed by atoms with Gasteiger partial charge in [-0.2, -0.15) is 0 Å². The molecule has 13 heteroatoms. The Morgan fingerprint density at radius 3 is 2.19 bits per heavy atom. The lowest BCUT2D eigenvalue weighted by atomic mass is 9.74. The van der Waals surface area contributed by atoms with Crippen molar-refractivity contribution in [1.82, 2.24) is 36.6 Å². The number of hydrogen-bond acceptors (Lipinski definition) is 8. The predicted octanol–water partition coefficient (Wildman–Crippen LogP) is 3.50. The van der Waals surface area contributed by atoms with Crippen LogP contribution in [0.15, 0.2) is 48.9 Å². The molecule has 1 aromatic carbocycles. The molecule has 3 saturated carbocycles. The van der Waals surface area contributed by atoms with Gasteiger partial charge in [0.15, 0.2) is 0 Å². The van der Waals surface area contributed by atoms with Crippen molar-refractivity contribution in [3.63, 3.8) is 0 Å². The highest BCUT2D eigenvalue weighted by atomic mass is 16.2. The maximum absolute atomic E-state index is 14.1. The molecular weight excluding hydrogens is 674 g/mol. The van der Waals surface area contributed by atoms with Gasteiger partial charge in [-0.15, -0.1) is 0 Å². The lowest BCUT2D eigenvalue weighted by molar-refractivity contribution is -0.141. The van der Waals surface area contributed by atoms with Gasteiger partial charge in [-0.25, -0.2) is 4.98 Å². The van der Waals surface area contributed by atoms with Crippen LogP contribution in [0.4, 0.5) is 0 Å². The minimum absolute atomic E-state index is 0.00998. The number of carbonyl (C=O) groups excluding carboxylic acids is 6. The number of aromatic nitrogens is 2. The highest BCUT2D eigenvalue weighted by molar-refractivity contribution is 6.38. The van der Waals surface area contributed by atoms with Crippen LogP contribution in [0.1, 0.15) is 120 Å². The molecule has 5 rings (SSSR count). The summed E-state index contributed by atoms with van der Waals surface area (Å²) in [4.78, 5) is 89.3. The van der Waals surface area contributed by atoms with Gasteiger partial charge in [-0.05, 0) is 74.7 Å². The van der Waals surface area contributed by atoms with E-state index >= 15 is 0 Å². The third kappa shape index (κ3) is 10.9. The molecule has 286 valence electrons. The van der Waals surface area contributed by atoms with Gasteiger partial charge in [0.05, 0.1) is 18.2 Å². The van der Waals surface area contributed by atoms with Crippen LogP contribution in [0, 0.1) is 17.8 Å². The smallest absolute Gasteiger partial charge is 0.289 e. The minimum atomic E-state index is -0.976. The van der Waals surface area contributed by atoms with Crippen LogP contribution in [-0.4, -0.2) is 75.5 Å². The summed E-state index contributed by atoms with van der Waals surface area (Å²) >= 11 is 0. The molecule has 0 aliphatic heterocycles. The van der Waals surface area contributed by atoms with Gasteiger partial charge < -0.3 is 26.6 Å². The van der Waals surface area contributed by atoms with Crippen LogP contribution in [0.25, 0.3) is 0 Å². The topological polar surface area (TPSA) is 188 Å². The molecule has 0 spiro atoms. The first-order valence-electron chi connectivity index (χ1n) is 19.4. The van der Waals surface area contributed by atoms with Gasteiger partial charge in [0.1, 0.15) is 17.8 Å². The molecular formula is C40H55N7O6. The van der Waals surface area contributed by atoms with Gasteiger partial charge >= 0.3 is 0 Å². The fraction of sp³-hybridized carbons (Fsp3) is 0.600. The molecule has 1 aromatic heterocycles. The molecule has 2 aromatic rings. The summed E-state index contributed by atoms with van der Waals surface area (Å²) in [7, 11) is 0. The van der Waals surface area contributed by atoms with Gasteiger partial charge in [-0.1, -0.05) is 76.8 Å². The van der Waals surface area contributed by atoms with E-state index in [2.05, 4.69) is 36.6 Å². The number of Topliss-reactive ketones (excluding diaryl/α,β-unsaturated/α-hetero) is 1. The van der Waals surface area contributed by atoms with Crippen LogP contribution < -0.4 is 26.6 Å². The summed E-state index contributed by atoms with van der Waals surface area (Å²) in [5.74, 6) is -4.19. The Hall–Kier alpha value is -4.68. The van der Waals surface area contributed by atoms with Crippen molar-refractivity contribution >= 4 is 35.3 Å². The van der Waals surface area contributed by atoms with Gasteiger partial charge in [-0.3, -0.25) is 33.8 Å². The summed E-state index contributed by atoms with van der Waals surface area (Å²) in [5, 5.41) is 14.5. The summed E-state index contributed by atoms with van der Waals surface area (Å²) in [6.07, 6.45) is 12.9. The third-order valence-electron chi connectivity index (χ3n) is 10.9. The van der Waals surface area contributed by atoms with Crippen molar-refractivity contribution in [2.45, 2.75) is 134 Å². The van der Waals surface area contributed by atoms with Gasteiger partial charge in [0.2, 0.25) is 23.5 Å². The summed E-state index contributed by atoms with van der Waals surface area (Å²) in [6.45, 7) is 5.56. The molecule has 0 radical (unpaired) electrons. The van der Waals surface area contributed by atoms with Crippen molar-refractivity contribution in [3.8, 4) is 0 Å². The van der Waals surface area contributed by atoms with E-state index in [0.29, 0.717) is 25.7 Å². The Bertz CT molecular complexity index is 1580. The van der Waals surface area contributed by atoms with Gasteiger partial charge in [0, 0.05) is 24.5 Å². The van der Waals surface area contributed by atoms with E-state index in [1.165, 1.54) is 18.6 Å². The standard InChI is InChI=1S/C40H55N7O6/c1-4-11-31(35(48)40(53)43-28-17-18-28)45-36(49)29-22-27(25-12-7-5-8-13-25)16-19-30(29)44-38(51)33(24(2)3)46-39(52)34(26-14-9-6-10-15-26)47-37(50)32-23-41-20-21-42-32/h5,7-8,12-13,20-21,23-24,26-31,33-34H,4,6,9-11,14-19,22H2,1-3H3,(H,43,53)(H,44,51)(H,45,49)(H,46,52)(H,47,50)/t27-,29+,30-,31?,33?,34-/m0/s1. The summed E-state index contributed by atoms with van der Waals surface area (Å²) < 4.78 is 0. The Morgan fingerprint density at radius 1 is 0.811 bits per heavy atom. The average molecular weight is 730 g/mol.